The number of carbonyl (C=O) groups is 1. The van der Waals surface area contributed by atoms with Crippen LogP contribution >= 0.6 is 11.3 Å². The fourth-order valence-electron chi connectivity index (χ4n) is 1.16. The number of hydrogen-bond donors (Lipinski definition) is 1. The molecule has 5 heteroatoms. The molecule has 0 saturated carbocycles. The van der Waals surface area contributed by atoms with E-state index in [9.17, 15) is 9.59 Å². The lowest BCUT2D eigenvalue weighted by Gasteiger charge is -1.99. The number of carbonyl (C=O) groups excluding carboxylic acids is 1. The SMILES string of the molecule is CC(=O)Oc1ccc2sc(=O)[nH]c2c1. The first-order valence-corrected chi connectivity index (χ1v) is 4.78. The first kappa shape index (κ1) is 8.96. The number of esters is 1. The van der Waals surface area contributed by atoms with Crippen LogP contribution in [-0.2, 0) is 4.79 Å². The van der Waals surface area contributed by atoms with Crippen LogP contribution in [0.5, 0.6) is 5.75 Å². The second-order valence-electron chi connectivity index (χ2n) is 2.77. The van der Waals surface area contributed by atoms with Crippen LogP contribution in [0.2, 0.25) is 0 Å². The number of rotatable bonds is 1. The van der Waals surface area contributed by atoms with E-state index in [0.29, 0.717) is 11.3 Å². The average molecular weight is 209 g/mol. The van der Waals surface area contributed by atoms with Crippen LogP contribution < -0.4 is 9.61 Å². The highest BCUT2D eigenvalue weighted by molar-refractivity contribution is 7.16. The topological polar surface area (TPSA) is 59.2 Å². The molecule has 0 saturated heterocycles. The van der Waals surface area contributed by atoms with E-state index >= 15 is 0 Å². The van der Waals surface area contributed by atoms with Crippen molar-refractivity contribution in [3.8, 4) is 5.75 Å². The van der Waals surface area contributed by atoms with Crippen molar-refractivity contribution in [3.63, 3.8) is 0 Å². The summed E-state index contributed by atoms with van der Waals surface area (Å²) in [5.41, 5.74) is 0.693. The minimum absolute atomic E-state index is 0.111. The van der Waals surface area contributed by atoms with Crippen molar-refractivity contribution in [2.24, 2.45) is 0 Å². The van der Waals surface area contributed by atoms with E-state index in [4.69, 9.17) is 4.74 Å². The Hall–Kier alpha value is -1.62. The minimum Gasteiger partial charge on any atom is -0.427 e. The minimum atomic E-state index is -0.373. The summed E-state index contributed by atoms with van der Waals surface area (Å²) >= 11 is 1.13. The number of benzene rings is 1. The predicted octanol–water partition coefficient (Wildman–Crippen LogP) is 1.51. The Morgan fingerprint density at radius 1 is 1.50 bits per heavy atom. The summed E-state index contributed by atoms with van der Waals surface area (Å²) in [6, 6.07) is 5.04. The summed E-state index contributed by atoms with van der Waals surface area (Å²) in [5, 5.41) is 0. The molecule has 0 spiro atoms. The number of hydrogen-bond acceptors (Lipinski definition) is 4. The van der Waals surface area contributed by atoms with Crippen molar-refractivity contribution < 1.29 is 9.53 Å². The maximum Gasteiger partial charge on any atom is 0.308 e. The standard InChI is InChI=1S/C9H7NO3S/c1-5(11)13-6-2-3-8-7(4-6)10-9(12)14-8/h2-4H,1H3,(H,10,12). The van der Waals surface area contributed by atoms with Crippen LogP contribution in [0, 0.1) is 0 Å². The Balaban J connectivity index is 2.50. The lowest BCUT2D eigenvalue weighted by Crippen LogP contribution is -2.00. The third-order valence-electron chi connectivity index (χ3n) is 1.65. The summed E-state index contributed by atoms with van der Waals surface area (Å²) in [7, 11) is 0. The van der Waals surface area contributed by atoms with E-state index in [1.165, 1.54) is 6.92 Å². The molecule has 0 aliphatic heterocycles. The van der Waals surface area contributed by atoms with E-state index in [1.807, 2.05) is 0 Å². The quantitative estimate of drug-likeness (QED) is 0.572. The van der Waals surface area contributed by atoms with Gasteiger partial charge in [0.05, 0.1) is 10.2 Å². The Labute approximate surface area is 83.1 Å². The summed E-state index contributed by atoms with van der Waals surface area (Å²) in [6.45, 7) is 1.33. The highest BCUT2D eigenvalue weighted by Gasteiger charge is 2.02. The molecule has 4 nitrogen and oxygen atoms in total. The molecule has 2 aromatic rings. The van der Waals surface area contributed by atoms with E-state index in [0.717, 1.165) is 16.0 Å². The molecule has 2 rings (SSSR count). The Kier molecular flexibility index (Phi) is 2.09. The zero-order valence-corrected chi connectivity index (χ0v) is 8.18. The van der Waals surface area contributed by atoms with Crippen LogP contribution in [0.25, 0.3) is 10.2 Å². The zero-order chi connectivity index (χ0) is 10.1. The maximum absolute atomic E-state index is 11.0. The van der Waals surface area contributed by atoms with E-state index in [2.05, 4.69) is 4.98 Å². The molecule has 0 radical (unpaired) electrons. The first-order chi connectivity index (χ1) is 6.65. The molecule has 1 aromatic heterocycles. The predicted molar refractivity (Wildman–Crippen MR) is 53.8 cm³/mol. The second-order valence-corrected chi connectivity index (χ2v) is 3.78. The molecule has 1 heterocycles. The lowest BCUT2D eigenvalue weighted by molar-refractivity contribution is -0.131. The maximum atomic E-state index is 11.0. The van der Waals surface area contributed by atoms with Crippen LogP contribution in [0.4, 0.5) is 0 Å². The molecule has 0 unspecified atom stereocenters. The van der Waals surface area contributed by atoms with Gasteiger partial charge in [0.25, 0.3) is 0 Å². The number of aromatic amines is 1. The first-order valence-electron chi connectivity index (χ1n) is 3.96. The number of fused-ring (bicyclic) bond motifs is 1. The van der Waals surface area contributed by atoms with Gasteiger partial charge in [-0.15, -0.1) is 0 Å². The third kappa shape index (κ3) is 1.67. The monoisotopic (exact) mass is 209 g/mol. The van der Waals surface area contributed by atoms with Crippen molar-refractivity contribution >= 4 is 27.5 Å². The molecule has 0 bridgehead atoms. The van der Waals surface area contributed by atoms with E-state index in [-0.39, 0.29) is 10.8 Å². The molecular formula is C9H7NO3S. The van der Waals surface area contributed by atoms with Crippen molar-refractivity contribution in [1.29, 1.82) is 0 Å². The average Bonchev–Trinajstić information content (AvgIpc) is 2.42. The van der Waals surface area contributed by atoms with Crippen molar-refractivity contribution in [1.82, 2.24) is 4.98 Å². The van der Waals surface area contributed by atoms with Gasteiger partial charge in [-0.2, -0.15) is 0 Å². The van der Waals surface area contributed by atoms with Gasteiger partial charge in [-0.25, -0.2) is 0 Å². The number of H-pyrrole nitrogens is 1. The number of nitrogens with one attached hydrogen (secondary N) is 1. The Morgan fingerprint density at radius 3 is 3.00 bits per heavy atom. The Bertz CT molecular complexity index is 540. The van der Waals surface area contributed by atoms with Gasteiger partial charge >= 0.3 is 10.8 Å². The Morgan fingerprint density at radius 2 is 2.29 bits per heavy atom. The molecule has 1 aromatic carbocycles. The number of aromatic nitrogens is 1. The second kappa shape index (κ2) is 3.26. The van der Waals surface area contributed by atoms with Gasteiger partial charge in [0.15, 0.2) is 0 Å². The molecule has 1 N–H and O–H groups in total. The number of thiazole rings is 1. The van der Waals surface area contributed by atoms with Gasteiger partial charge in [-0.1, -0.05) is 11.3 Å². The summed E-state index contributed by atoms with van der Waals surface area (Å²) < 4.78 is 5.73. The smallest absolute Gasteiger partial charge is 0.308 e. The fourth-order valence-corrected chi connectivity index (χ4v) is 1.88. The molecule has 14 heavy (non-hydrogen) atoms. The summed E-state index contributed by atoms with van der Waals surface area (Å²) in [5.74, 6) is 0.0703. The van der Waals surface area contributed by atoms with Gasteiger partial charge in [0, 0.05) is 13.0 Å². The largest absolute Gasteiger partial charge is 0.427 e. The highest BCUT2D eigenvalue weighted by Crippen LogP contribution is 2.20. The van der Waals surface area contributed by atoms with Gasteiger partial charge in [-0.05, 0) is 12.1 Å². The van der Waals surface area contributed by atoms with Crippen LogP contribution in [0.15, 0.2) is 23.0 Å². The van der Waals surface area contributed by atoms with E-state index in [1.54, 1.807) is 18.2 Å². The summed E-state index contributed by atoms with van der Waals surface area (Å²) in [6.07, 6.45) is 0. The van der Waals surface area contributed by atoms with Gasteiger partial charge in [0.1, 0.15) is 5.75 Å². The van der Waals surface area contributed by atoms with Crippen LogP contribution in [0.3, 0.4) is 0 Å². The normalized spacial score (nSPS) is 10.4. The van der Waals surface area contributed by atoms with Gasteiger partial charge in [0.2, 0.25) is 0 Å². The lowest BCUT2D eigenvalue weighted by atomic mass is 10.3. The molecule has 0 aliphatic rings. The molecule has 0 aliphatic carbocycles. The highest BCUT2D eigenvalue weighted by atomic mass is 32.1. The van der Waals surface area contributed by atoms with Crippen molar-refractivity contribution in [2.45, 2.75) is 6.92 Å². The molecule has 0 amide bonds. The number of ether oxygens (including phenoxy) is 1. The van der Waals surface area contributed by atoms with Crippen LogP contribution in [0.1, 0.15) is 6.92 Å². The van der Waals surface area contributed by atoms with Gasteiger partial charge in [-0.3, -0.25) is 9.59 Å². The molecule has 72 valence electrons. The van der Waals surface area contributed by atoms with E-state index < -0.39 is 0 Å². The fraction of sp³-hybridized carbons (Fsp3) is 0.111. The van der Waals surface area contributed by atoms with Crippen molar-refractivity contribution in [3.05, 3.63) is 27.9 Å². The molecular weight excluding hydrogens is 202 g/mol. The van der Waals surface area contributed by atoms with Crippen LogP contribution in [-0.4, -0.2) is 11.0 Å². The molecule has 0 fully saturated rings. The summed E-state index contributed by atoms with van der Waals surface area (Å²) in [4.78, 5) is 24.2. The third-order valence-corrected chi connectivity index (χ3v) is 2.52. The molecule has 0 atom stereocenters. The zero-order valence-electron chi connectivity index (χ0n) is 7.37. The van der Waals surface area contributed by atoms with Crippen molar-refractivity contribution in [2.75, 3.05) is 0 Å². The van der Waals surface area contributed by atoms with Gasteiger partial charge < -0.3 is 9.72 Å².